The lowest BCUT2D eigenvalue weighted by Crippen LogP contribution is -2.38. The number of hydrogen-bond donors (Lipinski definition) is 1. The molecule has 1 aliphatic carbocycles. The zero-order valence-electron chi connectivity index (χ0n) is 14.0. The Kier molecular flexibility index (Phi) is 5.14. The van der Waals surface area contributed by atoms with E-state index in [4.69, 9.17) is 15.7 Å². The molecule has 0 radical (unpaired) electrons. The molecular weight excluding hydrogens is 298 g/mol. The van der Waals surface area contributed by atoms with Gasteiger partial charge in [0.2, 0.25) is 0 Å². The fourth-order valence-electron chi connectivity index (χ4n) is 3.33. The first-order valence-electron chi connectivity index (χ1n) is 8.38. The van der Waals surface area contributed by atoms with Crippen molar-refractivity contribution in [3.63, 3.8) is 0 Å². The van der Waals surface area contributed by atoms with Crippen LogP contribution >= 0.6 is 0 Å². The molecule has 0 saturated carbocycles. The van der Waals surface area contributed by atoms with Crippen molar-refractivity contribution >= 4 is 0 Å². The molecule has 24 heavy (non-hydrogen) atoms. The number of benzene rings is 2. The molecule has 0 spiro atoms. The highest BCUT2D eigenvalue weighted by molar-refractivity contribution is 5.39. The van der Waals surface area contributed by atoms with E-state index >= 15 is 0 Å². The van der Waals surface area contributed by atoms with E-state index in [1.807, 2.05) is 12.1 Å². The highest BCUT2D eigenvalue weighted by Crippen LogP contribution is 2.37. The number of nitriles is 1. The Morgan fingerprint density at radius 1 is 1.21 bits per heavy atom. The Morgan fingerprint density at radius 3 is 2.67 bits per heavy atom. The zero-order valence-corrected chi connectivity index (χ0v) is 14.0. The largest absolute Gasteiger partial charge is 0.484 e. The van der Waals surface area contributed by atoms with Gasteiger partial charge in [-0.05, 0) is 68.4 Å². The SMILES string of the molecule is CN(CCCN)C1Cc2ccccc2C1Oc1ccc(C#N)cc1. The lowest BCUT2D eigenvalue weighted by molar-refractivity contribution is 0.0948. The monoisotopic (exact) mass is 321 g/mol. The molecule has 2 unspecified atom stereocenters. The molecule has 1 aliphatic rings. The Labute approximate surface area is 143 Å². The lowest BCUT2D eigenvalue weighted by atomic mass is 10.1. The average Bonchev–Trinajstić information content (AvgIpc) is 2.99. The number of rotatable bonds is 6. The van der Waals surface area contributed by atoms with E-state index in [1.54, 1.807) is 12.1 Å². The molecule has 0 heterocycles. The van der Waals surface area contributed by atoms with Gasteiger partial charge in [-0.3, -0.25) is 4.90 Å². The van der Waals surface area contributed by atoms with E-state index in [-0.39, 0.29) is 6.10 Å². The van der Waals surface area contributed by atoms with E-state index in [0.717, 1.165) is 25.1 Å². The van der Waals surface area contributed by atoms with Crippen molar-refractivity contribution in [3.05, 3.63) is 65.2 Å². The van der Waals surface area contributed by atoms with Crippen LogP contribution in [-0.2, 0) is 6.42 Å². The minimum absolute atomic E-state index is 0.00286. The Morgan fingerprint density at radius 2 is 1.96 bits per heavy atom. The molecule has 0 saturated heterocycles. The normalized spacial score (nSPS) is 19.1. The summed E-state index contributed by atoms with van der Waals surface area (Å²) >= 11 is 0. The molecule has 124 valence electrons. The van der Waals surface area contributed by atoms with Crippen molar-refractivity contribution in [1.29, 1.82) is 5.26 Å². The molecule has 0 aliphatic heterocycles. The van der Waals surface area contributed by atoms with Crippen LogP contribution in [0.2, 0.25) is 0 Å². The standard InChI is InChI=1S/C20H23N3O/c1-23(12-4-11-21)19-13-16-5-2-3-6-18(16)20(19)24-17-9-7-15(14-22)8-10-17/h2-3,5-10,19-20H,4,11-13,21H2,1H3. The number of ether oxygens (including phenoxy) is 1. The van der Waals surface area contributed by atoms with Gasteiger partial charge in [-0.2, -0.15) is 5.26 Å². The predicted octanol–water partition coefficient (Wildman–Crippen LogP) is 2.88. The highest BCUT2D eigenvalue weighted by atomic mass is 16.5. The van der Waals surface area contributed by atoms with Crippen LogP contribution in [-0.4, -0.2) is 31.1 Å². The first-order chi connectivity index (χ1) is 11.7. The lowest BCUT2D eigenvalue weighted by Gasteiger charge is -2.30. The van der Waals surface area contributed by atoms with Crippen LogP contribution in [0, 0.1) is 11.3 Å². The molecule has 2 N–H and O–H groups in total. The second-order valence-corrected chi connectivity index (χ2v) is 6.27. The summed E-state index contributed by atoms with van der Waals surface area (Å²) in [6.07, 6.45) is 1.96. The summed E-state index contributed by atoms with van der Waals surface area (Å²) in [5.41, 5.74) is 8.91. The number of nitrogens with zero attached hydrogens (tertiary/aromatic N) is 2. The first kappa shape index (κ1) is 16.5. The highest BCUT2D eigenvalue weighted by Gasteiger charge is 2.36. The summed E-state index contributed by atoms with van der Waals surface area (Å²) in [4.78, 5) is 2.35. The second-order valence-electron chi connectivity index (χ2n) is 6.27. The summed E-state index contributed by atoms with van der Waals surface area (Å²) < 4.78 is 6.33. The van der Waals surface area contributed by atoms with Gasteiger partial charge in [-0.1, -0.05) is 24.3 Å². The third-order valence-corrected chi connectivity index (χ3v) is 4.67. The molecule has 2 aromatic carbocycles. The van der Waals surface area contributed by atoms with Crippen LogP contribution < -0.4 is 10.5 Å². The maximum atomic E-state index is 8.93. The van der Waals surface area contributed by atoms with E-state index in [2.05, 4.69) is 42.3 Å². The topological polar surface area (TPSA) is 62.3 Å². The molecule has 4 heteroatoms. The van der Waals surface area contributed by atoms with Crippen LogP contribution in [0.5, 0.6) is 5.75 Å². The molecule has 2 atom stereocenters. The van der Waals surface area contributed by atoms with Crippen LogP contribution in [0.1, 0.15) is 29.2 Å². The molecule has 0 amide bonds. The van der Waals surface area contributed by atoms with Gasteiger partial charge in [-0.15, -0.1) is 0 Å². The van der Waals surface area contributed by atoms with Crippen LogP contribution in [0.4, 0.5) is 0 Å². The van der Waals surface area contributed by atoms with Gasteiger partial charge in [0.25, 0.3) is 0 Å². The summed E-state index contributed by atoms with van der Waals surface area (Å²) in [7, 11) is 2.14. The quantitative estimate of drug-likeness (QED) is 0.888. The molecule has 2 aromatic rings. The molecule has 0 fully saturated rings. The molecule has 3 rings (SSSR count). The summed E-state index contributed by atoms with van der Waals surface area (Å²) in [5.74, 6) is 0.799. The van der Waals surface area contributed by atoms with E-state index in [9.17, 15) is 0 Å². The van der Waals surface area contributed by atoms with Gasteiger partial charge in [0.05, 0.1) is 17.7 Å². The molecule has 4 nitrogen and oxygen atoms in total. The Hall–Kier alpha value is -2.35. The van der Waals surface area contributed by atoms with Gasteiger partial charge in [0.1, 0.15) is 11.9 Å². The third kappa shape index (κ3) is 3.43. The number of likely N-dealkylation sites (N-methyl/N-ethyl adjacent to an activating group) is 1. The maximum Gasteiger partial charge on any atom is 0.140 e. The fraction of sp³-hybridized carbons (Fsp3) is 0.350. The fourth-order valence-corrected chi connectivity index (χ4v) is 3.33. The number of fused-ring (bicyclic) bond motifs is 1. The Bertz CT molecular complexity index is 720. The molecule has 0 aromatic heterocycles. The first-order valence-corrected chi connectivity index (χ1v) is 8.38. The van der Waals surface area contributed by atoms with Crippen molar-refractivity contribution in [3.8, 4) is 11.8 Å². The third-order valence-electron chi connectivity index (χ3n) is 4.67. The minimum atomic E-state index is -0.00286. The van der Waals surface area contributed by atoms with Crippen LogP contribution in [0.15, 0.2) is 48.5 Å². The van der Waals surface area contributed by atoms with Crippen molar-refractivity contribution in [2.75, 3.05) is 20.1 Å². The van der Waals surface area contributed by atoms with Gasteiger partial charge in [0.15, 0.2) is 0 Å². The van der Waals surface area contributed by atoms with E-state index < -0.39 is 0 Å². The smallest absolute Gasteiger partial charge is 0.140 e. The van der Waals surface area contributed by atoms with E-state index in [0.29, 0.717) is 18.2 Å². The maximum absolute atomic E-state index is 8.93. The molecule has 0 bridgehead atoms. The minimum Gasteiger partial charge on any atom is -0.484 e. The van der Waals surface area contributed by atoms with Crippen LogP contribution in [0.3, 0.4) is 0 Å². The number of nitrogens with two attached hydrogens (primary N) is 1. The van der Waals surface area contributed by atoms with Gasteiger partial charge in [0, 0.05) is 0 Å². The summed E-state index contributed by atoms with van der Waals surface area (Å²) in [5, 5.41) is 8.93. The van der Waals surface area contributed by atoms with Crippen molar-refractivity contribution in [1.82, 2.24) is 4.90 Å². The second kappa shape index (κ2) is 7.48. The Balaban J connectivity index is 1.83. The van der Waals surface area contributed by atoms with Gasteiger partial charge in [-0.25, -0.2) is 0 Å². The van der Waals surface area contributed by atoms with Gasteiger partial charge >= 0.3 is 0 Å². The van der Waals surface area contributed by atoms with Crippen molar-refractivity contribution in [2.45, 2.75) is 25.0 Å². The number of hydrogen-bond acceptors (Lipinski definition) is 4. The van der Waals surface area contributed by atoms with Crippen molar-refractivity contribution in [2.24, 2.45) is 5.73 Å². The van der Waals surface area contributed by atoms with Crippen molar-refractivity contribution < 1.29 is 4.74 Å². The van der Waals surface area contributed by atoms with Gasteiger partial charge < -0.3 is 10.5 Å². The average molecular weight is 321 g/mol. The summed E-state index contributed by atoms with van der Waals surface area (Å²) in [6, 6.07) is 18.3. The summed E-state index contributed by atoms with van der Waals surface area (Å²) in [6.45, 7) is 1.66. The van der Waals surface area contributed by atoms with Crippen LogP contribution in [0.25, 0.3) is 0 Å². The predicted molar refractivity (Wildman–Crippen MR) is 94.8 cm³/mol. The zero-order chi connectivity index (χ0) is 16.9. The molecular formula is C20H23N3O. The van der Waals surface area contributed by atoms with E-state index in [1.165, 1.54) is 11.1 Å².